The maximum Gasteiger partial charge on any atom is 0.246 e. The Morgan fingerprint density at radius 1 is 1.33 bits per heavy atom. The molecule has 2 heterocycles. The van der Waals surface area contributed by atoms with Crippen LogP contribution < -0.4 is 0 Å². The van der Waals surface area contributed by atoms with Gasteiger partial charge in [-0.05, 0) is 18.2 Å². The lowest BCUT2D eigenvalue weighted by molar-refractivity contribution is 0.368. The van der Waals surface area contributed by atoms with Gasteiger partial charge in [-0.25, -0.2) is 4.39 Å². The summed E-state index contributed by atoms with van der Waals surface area (Å²) in [6, 6.07) is 6.77. The van der Waals surface area contributed by atoms with Gasteiger partial charge in [0, 0.05) is 18.0 Å². The third-order valence-corrected chi connectivity index (χ3v) is 2.89. The highest BCUT2D eigenvalue weighted by Gasteiger charge is 2.09. The van der Waals surface area contributed by atoms with Crippen LogP contribution in [0.3, 0.4) is 0 Å². The maximum atomic E-state index is 13.5. The van der Waals surface area contributed by atoms with E-state index in [-0.39, 0.29) is 5.82 Å². The smallest absolute Gasteiger partial charge is 0.246 e. The standard InChI is InChI=1S/C13H12FN3O/c1-2-12-15-13(18-16-12)8-17-7-6-9-10(14)4-3-5-11(9)17/h3-7H,2,8H2,1H3. The number of aromatic nitrogens is 3. The molecule has 0 radical (unpaired) electrons. The number of halogens is 1. The molecule has 2 aromatic heterocycles. The summed E-state index contributed by atoms with van der Waals surface area (Å²) < 4.78 is 20.6. The lowest BCUT2D eigenvalue weighted by Gasteiger charge is -2.01. The number of fused-ring (bicyclic) bond motifs is 1. The van der Waals surface area contributed by atoms with Crippen molar-refractivity contribution < 1.29 is 8.91 Å². The van der Waals surface area contributed by atoms with Crippen molar-refractivity contribution in [3.63, 3.8) is 0 Å². The van der Waals surface area contributed by atoms with Gasteiger partial charge >= 0.3 is 0 Å². The van der Waals surface area contributed by atoms with Gasteiger partial charge in [0.15, 0.2) is 5.82 Å². The molecule has 0 N–H and O–H groups in total. The minimum atomic E-state index is -0.217. The van der Waals surface area contributed by atoms with Crippen LogP contribution in [-0.4, -0.2) is 14.7 Å². The molecule has 0 bridgehead atoms. The minimum absolute atomic E-state index is 0.217. The summed E-state index contributed by atoms with van der Waals surface area (Å²) in [7, 11) is 0. The number of aryl methyl sites for hydroxylation is 1. The molecule has 5 heteroatoms. The van der Waals surface area contributed by atoms with Gasteiger partial charge in [-0.1, -0.05) is 18.1 Å². The van der Waals surface area contributed by atoms with E-state index < -0.39 is 0 Å². The molecular weight excluding hydrogens is 233 g/mol. The first kappa shape index (κ1) is 11.0. The Balaban J connectivity index is 1.97. The van der Waals surface area contributed by atoms with Crippen molar-refractivity contribution in [3.05, 3.63) is 48.0 Å². The Morgan fingerprint density at radius 3 is 3.00 bits per heavy atom. The van der Waals surface area contributed by atoms with Crippen LogP contribution in [0.25, 0.3) is 10.9 Å². The van der Waals surface area contributed by atoms with E-state index in [0.29, 0.717) is 23.6 Å². The zero-order chi connectivity index (χ0) is 12.5. The van der Waals surface area contributed by atoms with Gasteiger partial charge < -0.3 is 9.09 Å². The molecular formula is C13H12FN3O. The molecule has 0 amide bonds. The molecule has 4 nitrogen and oxygen atoms in total. The molecule has 0 spiro atoms. The number of hydrogen-bond donors (Lipinski definition) is 0. The normalized spacial score (nSPS) is 11.2. The summed E-state index contributed by atoms with van der Waals surface area (Å²) in [4.78, 5) is 4.24. The molecule has 0 aliphatic rings. The van der Waals surface area contributed by atoms with Gasteiger partial charge in [-0.2, -0.15) is 4.98 Å². The highest BCUT2D eigenvalue weighted by molar-refractivity contribution is 5.80. The van der Waals surface area contributed by atoms with Crippen LogP contribution in [0.2, 0.25) is 0 Å². The number of hydrogen-bond acceptors (Lipinski definition) is 3. The van der Waals surface area contributed by atoms with Crippen molar-refractivity contribution in [2.24, 2.45) is 0 Å². The quantitative estimate of drug-likeness (QED) is 0.712. The lowest BCUT2D eigenvalue weighted by atomic mass is 10.2. The Hall–Kier alpha value is -2.17. The van der Waals surface area contributed by atoms with Crippen molar-refractivity contribution in [2.75, 3.05) is 0 Å². The van der Waals surface area contributed by atoms with Crippen molar-refractivity contribution in [3.8, 4) is 0 Å². The van der Waals surface area contributed by atoms with E-state index in [0.717, 1.165) is 11.9 Å². The molecule has 1 aromatic carbocycles. The second kappa shape index (κ2) is 4.25. The van der Waals surface area contributed by atoms with E-state index in [2.05, 4.69) is 10.1 Å². The first-order valence-electron chi connectivity index (χ1n) is 5.82. The van der Waals surface area contributed by atoms with Crippen LogP contribution in [0.1, 0.15) is 18.6 Å². The fraction of sp³-hybridized carbons (Fsp3) is 0.231. The monoisotopic (exact) mass is 245 g/mol. The second-order valence-electron chi connectivity index (χ2n) is 4.07. The molecule has 0 aliphatic carbocycles. The number of nitrogens with zero attached hydrogens (tertiary/aromatic N) is 3. The summed E-state index contributed by atoms with van der Waals surface area (Å²) >= 11 is 0. The summed E-state index contributed by atoms with van der Waals surface area (Å²) in [6.07, 6.45) is 2.56. The second-order valence-corrected chi connectivity index (χ2v) is 4.07. The van der Waals surface area contributed by atoms with Gasteiger partial charge in [-0.15, -0.1) is 0 Å². The van der Waals surface area contributed by atoms with Crippen molar-refractivity contribution in [1.29, 1.82) is 0 Å². The average Bonchev–Trinajstić information content (AvgIpc) is 2.98. The molecule has 0 saturated carbocycles. The van der Waals surface area contributed by atoms with Gasteiger partial charge in [0.2, 0.25) is 5.89 Å². The Morgan fingerprint density at radius 2 is 2.22 bits per heavy atom. The highest BCUT2D eigenvalue weighted by Crippen LogP contribution is 2.19. The van der Waals surface area contributed by atoms with Crippen molar-refractivity contribution >= 4 is 10.9 Å². The van der Waals surface area contributed by atoms with E-state index in [1.54, 1.807) is 12.1 Å². The van der Waals surface area contributed by atoms with Crippen LogP contribution in [-0.2, 0) is 13.0 Å². The molecule has 3 aromatic rings. The molecule has 0 unspecified atom stereocenters. The predicted molar refractivity (Wildman–Crippen MR) is 64.7 cm³/mol. The van der Waals surface area contributed by atoms with E-state index in [1.807, 2.05) is 23.8 Å². The zero-order valence-electron chi connectivity index (χ0n) is 9.93. The van der Waals surface area contributed by atoms with Crippen LogP contribution in [0.5, 0.6) is 0 Å². The third-order valence-electron chi connectivity index (χ3n) is 2.89. The van der Waals surface area contributed by atoms with Gasteiger partial charge in [-0.3, -0.25) is 0 Å². The SMILES string of the molecule is CCc1noc(Cn2ccc3c(F)cccc32)n1. The first-order chi connectivity index (χ1) is 8.78. The molecule has 3 rings (SSSR count). The molecule has 92 valence electrons. The molecule has 0 saturated heterocycles. The predicted octanol–water partition coefficient (Wildman–Crippen LogP) is 2.77. The van der Waals surface area contributed by atoms with E-state index in [4.69, 9.17) is 4.52 Å². The third kappa shape index (κ3) is 1.77. The van der Waals surface area contributed by atoms with Gasteiger partial charge in [0.05, 0.1) is 5.52 Å². The van der Waals surface area contributed by atoms with Gasteiger partial charge in [0.25, 0.3) is 0 Å². The molecule has 0 fully saturated rings. The Kier molecular flexibility index (Phi) is 2.59. The molecule has 0 atom stereocenters. The van der Waals surface area contributed by atoms with E-state index >= 15 is 0 Å². The largest absolute Gasteiger partial charge is 0.338 e. The maximum absolute atomic E-state index is 13.5. The summed E-state index contributed by atoms with van der Waals surface area (Å²) in [5.74, 6) is 1.01. The topological polar surface area (TPSA) is 43.9 Å². The van der Waals surface area contributed by atoms with Crippen LogP contribution >= 0.6 is 0 Å². The van der Waals surface area contributed by atoms with E-state index in [1.165, 1.54) is 6.07 Å². The Bertz CT molecular complexity index is 686. The molecule has 18 heavy (non-hydrogen) atoms. The number of rotatable bonds is 3. The van der Waals surface area contributed by atoms with Crippen LogP contribution in [0.4, 0.5) is 4.39 Å². The fourth-order valence-corrected chi connectivity index (χ4v) is 1.97. The summed E-state index contributed by atoms with van der Waals surface area (Å²) in [5.41, 5.74) is 0.825. The van der Waals surface area contributed by atoms with Crippen molar-refractivity contribution in [2.45, 2.75) is 19.9 Å². The van der Waals surface area contributed by atoms with E-state index in [9.17, 15) is 4.39 Å². The lowest BCUT2D eigenvalue weighted by Crippen LogP contribution is -1.98. The van der Waals surface area contributed by atoms with Crippen LogP contribution in [0.15, 0.2) is 35.0 Å². The average molecular weight is 245 g/mol. The number of benzene rings is 1. The molecule has 0 aliphatic heterocycles. The summed E-state index contributed by atoms with van der Waals surface area (Å²) in [5, 5.41) is 4.44. The van der Waals surface area contributed by atoms with Gasteiger partial charge in [0.1, 0.15) is 12.4 Å². The summed E-state index contributed by atoms with van der Waals surface area (Å²) in [6.45, 7) is 2.43. The van der Waals surface area contributed by atoms with Crippen LogP contribution in [0, 0.1) is 5.82 Å². The van der Waals surface area contributed by atoms with Crippen molar-refractivity contribution in [1.82, 2.24) is 14.7 Å². The first-order valence-corrected chi connectivity index (χ1v) is 5.82. The minimum Gasteiger partial charge on any atom is -0.338 e. The highest BCUT2D eigenvalue weighted by atomic mass is 19.1. The fourth-order valence-electron chi connectivity index (χ4n) is 1.97. The Labute approximate surface area is 103 Å². The zero-order valence-corrected chi connectivity index (χ0v) is 9.93.